The molecule has 1 aliphatic carbocycles. The highest BCUT2D eigenvalue weighted by Gasteiger charge is 2.26. The van der Waals surface area contributed by atoms with E-state index < -0.39 is 0 Å². The molecule has 0 bridgehead atoms. The molecule has 1 fully saturated rings. The van der Waals surface area contributed by atoms with Gasteiger partial charge in [0.1, 0.15) is 0 Å². The maximum atomic E-state index is 5.42. The Morgan fingerprint density at radius 1 is 1.41 bits per heavy atom. The monoisotopic (exact) mass is 237 g/mol. The number of hydrogen-bond donors (Lipinski definition) is 1. The SMILES string of the molecule is CCC(NC)C(C)c1nc(C2CCCC2)no1. The molecule has 1 heterocycles. The number of nitrogens with one attached hydrogen (secondary N) is 1. The first-order valence-electron chi connectivity index (χ1n) is 6.77. The zero-order valence-electron chi connectivity index (χ0n) is 11.1. The second kappa shape index (κ2) is 5.63. The average molecular weight is 237 g/mol. The van der Waals surface area contributed by atoms with Crippen molar-refractivity contribution in [3.05, 3.63) is 11.7 Å². The van der Waals surface area contributed by atoms with E-state index in [0.717, 1.165) is 18.1 Å². The Morgan fingerprint density at radius 2 is 2.12 bits per heavy atom. The lowest BCUT2D eigenvalue weighted by molar-refractivity contribution is 0.322. The molecule has 4 nitrogen and oxygen atoms in total. The minimum absolute atomic E-state index is 0.285. The van der Waals surface area contributed by atoms with Gasteiger partial charge in [-0.2, -0.15) is 4.98 Å². The van der Waals surface area contributed by atoms with Crippen molar-refractivity contribution in [1.29, 1.82) is 0 Å². The van der Waals surface area contributed by atoms with E-state index in [1.54, 1.807) is 0 Å². The van der Waals surface area contributed by atoms with Crippen LogP contribution in [-0.2, 0) is 0 Å². The van der Waals surface area contributed by atoms with Crippen molar-refractivity contribution in [2.45, 2.75) is 63.8 Å². The fraction of sp³-hybridized carbons (Fsp3) is 0.846. The van der Waals surface area contributed by atoms with Crippen LogP contribution < -0.4 is 5.32 Å². The molecule has 1 aliphatic rings. The topological polar surface area (TPSA) is 51.0 Å². The molecule has 0 spiro atoms. The van der Waals surface area contributed by atoms with Crippen LogP contribution >= 0.6 is 0 Å². The smallest absolute Gasteiger partial charge is 0.231 e. The first-order valence-corrected chi connectivity index (χ1v) is 6.77. The fourth-order valence-corrected chi connectivity index (χ4v) is 2.76. The van der Waals surface area contributed by atoms with E-state index in [4.69, 9.17) is 4.52 Å². The zero-order valence-corrected chi connectivity index (χ0v) is 11.1. The summed E-state index contributed by atoms with van der Waals surface area (Å²) in [5.74, 6) is 2.53. The molecule has 1 N–H and O–H groups in total. The summed E-state index contributed by atoms with van der Waals surface area (Å²) in [5.41, 5.74) is 0. The third kappa shape index (κ3) is 2.68. The quantitative estimate of drug-likeness (QED) is 0.855. The van der Waals surface area contributed by atoms with Crippen LogP contribution in [0.25, 0.3) is 0 Å². The third-order valence-corrected chi connectivity index (χ3v) is 3.98. The van der Waals surface area contributed by atoms with Crippen molar-refractivity contribution < 1.29 is 4.52 Å². The van der Waals surface area contributed by atoms with Gasteiger partial charge in [-0.05, 0) is 26.3 Å². The molecule has 1 aromatic heterocycles. The Hall–Kier alpha value is -0.900. The summed E-state index contributed by atoms with van der Waals surface area (Å²) in [7, 11) is 1.99. The van der Waals surface area contributed by atoms with Crippen LogP contribution in [0.5, 0.6) is 0 Å². The summed E-state index contributed by atoms with van der Waals surface area (Å²) in [4.78, 5) is 4.59. The van der Waals surface area contributed by atoms with Crippen molar-refractivity contribution in [1.82, 2.24) is 15.5 Å². The first-order chi connectivity index (χ1) is 8.26. The maximum absolute atomic E-state index is 5.42. The first kappa shape index (κ1) is 12.6. The molecule has 0 aliphatic heterocycles. The van der Waals surface area contributed by atoms with Crippen molar-refractivity contribution in [2.24, 2.45) is 0 Å². The Morgan fingerprint density at radius 3 is 2.71 bits per heavy atom. The van der Waals surface area contributed by atoms with Crippen LogP contribution in [-0.4, -0.2) is 23.2 Å². The van der Waals surface area contributed by atoms with Gasteiger partial charge in [-0.25, -0.2) is 0 Å². The molecule has 96 valence electrons. The van der Waals surface area contributed by atoms with Crippen LogP contribution in [0.2, 0.25) is 0 Å². The summed E-state index contributed by atoms with van der Waals surface area (Å²) >= 11 is 0. The molecule has 4 heteroatoms. The average Bonchev–Trinajstić information content (AvgIpc) is 3.01. The highest BCUT2D eigenvalue weighted by molar-refractivity contribution is 5.02. The molecular weight excluding hydrogens is 214 g/mol. The summed E-state index contributed by atoms with van der Waals surface area (Å²) in [5, 5.41) is 7.46. The van der Waals surface area contributed by atoms with Gasteiger partial charge in [-0.3, -0.25) is 0 Å². The normalized spacial score (nSPS) is 20.6. The highest BCUT2D eigenvalue weighted by Crippen LogP contribution is 2.33. The van der Waals surface area contributed by atoms with E-state index in [1.807, 2.05) is 7.05 Å². The van der Waals surface area contributed by atoms with Crippen LogP contribution in [0.3, 0.4) is 0 Å². The summed E-state index contributed by atoms with van der Waals surface area (Å²) in [6.45, 7) is 4.32. The van der Waals surface area contributed by atoms with Crippen molar-refractivity contribution >= 4 is 0 Å². The summed E-state index contributed by atoms with van der Waals surface area (Å²) < 4.78 is 5.42. The van der Waals surface area contributed by atoms with Crippen LogP contribution in [0.4, 0.5) is 0 Å². The standard InChI is InChI=1S/C13H23N3O/c1-4-11(14-3)9(2)13-15-12(16-17-13)10-7-5-6-8-10/h9-11,14H,4-8H2,1-3H3. The van der Waals surface area contributed by atoms with Crippen LogP contribution in [0, 0.1) is 0 Å². The number of aromatic nitrogens is 2. The van der Waals surface area contributed by atoms with E-state index in [1.165, 1.54) is 25.7 Å². The summed E-state index contributed by atoms with van der Waals surface area (Å²) in [6.07, 6.45) is 6.11. The van der Waals surface area contributed by atoms with E-state index in [9.17, 15) is 0 Å². The minimum Gasteiger partial charge on any atom is -0.339 e. The minimum atomic E-state index is 0.285. The Bertz CT molecular complexity index is 340. The van der Waals surface area contributed by atoms with E-state index in [0.29, 0.717) is 12.0 Å². The molecule has 0 radical (unpaired) electrons. The van der Waals surface area contributed by atoms with Crippen LogP contribution in [0.1, 0.15) is 69.5 Å². The highest BCUT2D eigenvalue weighted by atomic mass is 16.5. The third-order valence-electron chi connectivity index (χ3n) is 3.98. The lowest BCUT2D eigenvalue weighted by atomic mass is 10.00. The van der Waals surface area contributed by atoms with Crippen LogP contribution in [0.15, 0.2) is 4.52 Å². The van der Waals surface area contributed by atoms with E-state index in [2.05, 4.69) is 29.3 Å². The lowest BCUT2D eigenvalue weighted by Crippen LogP contribution is -2.30. The Labute approximate surface area is 103 Å². The second-order valence-corrected chi connectivity index (χ2v) is 5.06. The molecule has 1 saturated carbocycles. The van der Waals surface area contributed by atoms with Gasteiger partial charge in [-0.1, -0.05) is 31.8 Å². The predicted molar refractivity (Wildman–Crippen MR) is 67.1 cm³/mol. The van der Waals surface area contributed by atoms with Crippen molar-refractivity contribution in [3.8, 4) is 0 Å². The Kier molecular flexibility index (Phi) is 4.15. The fourth-order valence-electron chi connectivity index (χ4n) is 2.76. The molecule has 2 atom stereocenters. The molecule has 0 amide bonds. The van der Waals surface area contributed by atoms with Gasteiger partial charge < -0.3 is 9.84 Å². The van der Waals surface area contributed by atoms with Crippen molar-refractivity contribution in [3.63, 3.8) is 0 Å². The van der Waals surface area contributed by atoms with Gasteiger partial charge >= 0.3 is 0 Å². The number of rotatable bonds is 5. The van der Waals surface area contributed by atoms with Gasteiger partial charge in [0.2, 0.25) is 5.89 Å². The molecule has 1 aromatic rings. The van der Waals surface area contributed by atoms with Gasteiger partial charge in [0.15, 0.2) is 5.82 Å². The molecule has 17 heavy (non-hydrogen) atoms. The van der Waals surface area contributed by atoms with E-state index >= 15 is 0 Å². The second-order valence-electron chi connectivity index (χ2n) is 5.06. The summed E-state index contributed by atoms with van der Waals surface area (Å²) in [6, 6.07) is 0.409. The lowest BCUT2D eigenvalue weighted by Gasteiger charge is -2.18. The van der Waals surface area contributed by atoms with Gasteiger partial charge in [0.05, 0.1) is 5.92 Å². The number of nitrogens with zero attached hydrogens (tertiary/aromatic N) is 2. The molecule has 0 aromatic carbocycles. The van der Waals surface area contributed by atoms with E-state index in [-0.39, 0.29) is 5.92 Å². The largest absolute Gasteiger partial charge is 0.339 e. The molecule has 2 unspecified atom stereocenters. The molecular formula is C13H23N3O. The van der Waals surface area contributed by atoms with Crippen molar-refractivity contribution in [2.75, 3.05) is 7.05 Å². The van der Waals surface area contributed by atoms with Gasteiger partial charge in [0, 0.05) is 12.0 Å². The number of hydrogen-bond acceptors (Lipinski definition) is 4. The number of likely N-dealkylation sites (N-methyl/N-ethyl adjacent to an activating group) is 1. The maximum Gasteiger partial charge on any atom is 0.231 e. The van der Waals surface area contributed by atoms with Gasteiger partial charge in [0.25, 0.3) is 0 Å². The predicted octanol–water partition coefficient (Wildman–Crippen LogP) is 2.83. The Balaban J connectivity index is 2.06. The molecule has 0 saturated heterocycles. The van der Waals surface area contributed by atoms with Gasteiger partial charge in [-0.15, -0.1) is 0 Å². The molecule has 2 rings (SSSR count). The zero-order chi connectivity index (χ0) is 12.3.